The average Bonchev–Trinajstić information content (AvgIpc) is 0.847. The summed E-state index contributed by atoms with van der Waals surface area (Å²) in [6.07, 6.45) is 10.4. The summed E-state index contributed by atoms with van der Waals surface area (Å²) in [5, 5.41) is 3.49. The first kappa shape index (κ1) is 93.2. The van der Waals surface area contributed by atoms with Gasteiger partial charge in [-0.2, -0.15) is 13.2 Å². The Bertz CT molecular complexity index is 3620. The van der Waals surface area contributed by atoms with Crippen LogP contribution in [0.25, 0.3) is 10.8 Å². The van der Waals surface area contributed by atoms with Crippen LogP contribution in [-0.2, 0) is 38.9 Å². The van der Waals surface area contributed by atoms with Crippen LogP contribution in [0.3, 0.4) is 0 Å². The van der Waals surface area contributed by atoms with E-state index in [-0.39, 0.29) is 5.54 Å². The Morgan fingerprint density at radius 3 is 1.05 bits per heavy atom. The Balaban J connectivity index is 0.000000193. The van der Waals surface area contributed by atoms with Gasteiger partial charge in [-0.15, -0.1) is 0 Å². The van der Waals surface area contributed by atoms with Crippen molar-refractivity contribution in [3.05, 3.63) is 183 Å². The maximum atomic E-state index is 12.8. The molecule has 5 fully saturated rings. The summed E-state index contributed by atoms with van der Waals surface area (Å²) in [5.74, 6) is 0.994. The molecule has 0 radical (unpaired) electrons. The first-order valence-corrected chi connectivity index (χ1v) is 42.8. The lowest BCUT2D eigenvalue weighted by molar-refractivity contribution is -0.137. The van der Waals surface area contributed by atoms with Crippen molar-refractivity contribution < 1.29 is 17.9 Å². The van der Waals surface area contributed by atoms with Crippen molar-refractivity contribution in [3.63, 3.8) is 0 Å². The number of hydrogen-bond acceptors (Lipinski definition) is 11. The molecule has 0 bridgehead atoms. The molecule has 6 aromatic carbocycles. The molecular weight excluding hydrogens is 1400 g/mol. The first-order valence-electron chi connectivity index (χ1n) is 42.5. The van der Waals surface area contributed by atoms with Gasteiger partial charge in [-0.1, -0.05) is 128 Å². The summed E-state index contributed by atoms with van der Waals surface area (Å²) in [6.45, 7) is 58.5. The average molecular weight is 1550 g/mol. The summed E-state index contributed by atoms with van der Waals surface area (Å²) < 4.78 is 44.1. The van der Waals surface area contributed by atoms with Crippen LogP contribution in [0.15, 0.2) is 133 Å². The number of halogens is 4. The molecule has 5 aliphatic rings. The Morgan fingerprint density at radius 2 is 0.703 bits per heavy atom. The van der Waals surface area contributed by atoms with E-state index in [1.54, 1.807) is 6.07 Å². The number of fused-ring (bicyclic) bond motifs is 1. The molecule has 0 N–H and O–H groups in total. The summed E-state index contributed by atoms with van der Waals surface area (Å²) >= 11 is 5.94. The van der Waals surface area contributed by atoms with Crippen LogP contribution < -0.4 is 4.74 Å². The Hall–Kier alpha value is -4.94. The van der Waals surface area contributed by atoms with Crippen molar-refractivity contribution in [2.75, 3.05) is 107 Å². The van der Waals surface area contributed by atoms with Crippen LogP contribution in [0.1, 0.15) is 232 Å². The van der Waals surface area contributed by atoms with E-state index in [1.807, 2.05) is 19.2 Å². The Labute approximate surface area is 679 Å². The number of unbranched alkanes of at least 4 members (excludes halogenated alkanes) is 1. The third kappa shape index (κ3) is 31.2. The molecule has 0 aliphatic carbocycles. The van der Waals surface area contributed by atoms with Crippen molar-refractivity contribution >= 4 is 22.4 Å². The summed E-state index contributed by atoms with van der Waals surface area (Å²) in [7, 11) is 11.1. The molecule has 15 heteroatoms. The maximum Gasteiger partial charge on any atom is 0.416 e. The van der Waals surface area contributed by atoms with Crippen molar-refractivity contribution in [3.8, 4) is 5.75 Å². The predicted molar refractivity (Wildman–Crippen MR) is 469 cm³/mol. The molecule has 0 aromatic heterocycles. The molecule has 5 aliphatic heterocycles. The number of alkyl halides is 3. The van der Waals surface area contributed by atoms with E-state index in [0.717, 1.165) is 93.6 Å². The minimum absolute atomic E-state index is 0.185. The highest BCUT2D eigenvalue weighted by Crippen LogP contribution is 2.33. The molecule has 5 saturated heterocycles. The fourth-order valence-corrected chi connectivity index (χ4v) is 16.9. The molecule has 6 aromatic rings. The third-order valence-electron chi connectivity index (χ3n) is 24.5. The third-order valence-corrected chi connectivity index (χ3v) is 24.8. The monoisotopic (exact) mass is 1550 g/mol. The van der Waals surface area contributed by atoms with Gasteiger partial charge in [0.15, 0.2) is 0 Å². The van der Waals surface area contributed by atoms with Crippen molar-refractivity contribution in [1.29, 1.82) is 0 Å². The fraction of sp³-hybridized carbons (Fsp3) is 0.646. The number of ether oxygens (including phenoxy) is 1. The summed E-state index contributed by atoms with van der Waals surface area (Å²) in [5.41, 5.74) is 9.97. The largest absolute Gasteiger partial charge is 0.494 e. The van der Waals surface area contributed by atoms with Gasteiger partial charge in [0.2, 0.25) is 0 Å². The smallest absolute Gasteiger partial charge is 0.416 e. The summed E-state index contributed by atoms with van der Waals surface area (Å²) in [4.78, 5) is 25.2. The number of nitrogens with zero attached hydrogens (tertiary/aromatic N) is 10. The Morgan fingerprint density at radius 1 is 0.369 bits per heavy atom. The Kier molecular flexibility index (Phi) is 35.9. The second-order valence-electron chi connectivity index (χ2n) is 38.3. The van der Waals surface area contributed by atoms with Gasteiger partial charge in [0.05, 0.1) is 12.2 Å². The highest BCUT2D eigenvalue weighted by molar-refractivity contribution is 6.30. The van der Waals surface area contributed by atoms with Gasteiger partial charge in [-0.3, -0.25) is 49.0 Å². The van der Waals surface area contributed by atoms with Crippen LogP contribution in [0.2, 0.25) is 5.02 Å². The molecule has 0 amide bonds. The molecule has 5 heterocycles. The fourth-order valence-electron chi connectivity index (χ4n) is 16.8. The molecule has 11 nitrogen and oxygen atoms in total. The van der Waals surface area contributed by atoms with Gasteiger partial charge in [0.25, 0.3) is 0 Å². The van der Waals surface area contributed by atoms with Crippen LogP contribution >= 0.6 is 11.6 Å². The molecule has 0 spiro atoms. The van der Waals surface area contributed by atoms with Gasteiger partial charge >= 0.3 is 6.18 Å². The molecular formula is C96H152ClF3N10O. The zero-order chi connectivity index (χ0) is 81.7. The quantitative estimate of drug-likeness (QED) is 0.0729. The van der Waals surface area contributed by atoms with E-state index in [4.69, 9.17) is 16.3 Å². The number of likely N-dealkylation sites (tertiary alicyclic amines) is 5. The number of piperidine rings is 5. The van der Waals surface area contributed by atoms with Crippen LogP contribution in [0.4, 0.5) is 13.2 Å². The number of benzene rings is 6. The van der Waals surface area contributed by atoms with Crippen LogP contribution in [0.5, 0.6) is 5.75 Å². The predicted octanol–water partition coefficient (Wildman–Crippen LogP) is 21.5. The maximum absolute atomic E-state index is 12.8. The number of rotatable bonds is 19. The molecule has 0 saturated carbocycles. The van der Waals surface area contributed by atoms with Crippen molar-refractivity contribution in [1.82, 2.24) is 49.0 Å². The minimum Gasteiger partial charge on any atom is -0.494 e. The standard InChI is InChI=1S/C21H36N2O.C21H30N2.C19H32N2.C18H27F3N2.C17H27ClN2/c1-6-7-16-24-20-10-8-18(9-11-20)17-22(5)19-12-14-23(15-13-19)21(2,3)4;1-21(2,3)23-13-11-20(12-14-23)22(4)16-17-9-10-18-7-5-6-8-19(18)15-17;1-15-7-8-17(16(2)13-15)14-20(6)18-9-11-21(12-10-18)19(3,4)5;1-17(2,3)23-10-8-16(9-11-23)22(4)13-14-6-5-7-15(12-14)18(19,20)21;1-17(2,3)20-11-9-16(10-12-20)19(4)13-14-5-7-15(18)8-6-14/h8-11,19H,6-7,12-17H2,1-5H3;5-10,15,20H,11-14,16H2,1-4H3;7-8,13,18H,9-12,14H2,1-6H3;5-7,12,16H,8-11,13H2,1-4H3;5-8,16H,9-13H2,1-4H3. The van der Waals surface area contributed by atoms with E-state index in [9.17, 15) is 13.2 Å². The minimum atomic E-state index is -4.27. The molecule has 0 unspecified atom stereocenters. The van der Waals surface area contributed by atoms with E-state index in [2.05, 4.69) is 299 Å². The SMILES string of the molecule is CCCCOc1ccc(CN(C)C2CCN(C(C)(C)C)CC2)cc1.CN(Cc1ccc(Cl)cc1)C1CCN(C(C)(C)C)CC1.CN(Cc1ccc2ccccc2c1)C1CCN(C(C)(C)C)CC1.CN(Cc1cccc(C(F)(F)F)c1)C1CCN(C(C)(C)C)CC1.Cc1ccc(CN(C)C2CCN(C(C)(C)C)CC2)c(C)c1. The van der Waals surface area contributed by atoms with Gasteiger partial charge in [0, 0.05) is 161 Å². The second-order valence-corrected chi connectivity index (χ2v) is 38.7. The van der Waals surface area contributed by atoms with Crippen molar-refractivity contribution in [2.24, 2.45) is 0 Å². The molecule has 620 valence electrons. The van der Waals surface area contributed by atoms with Gasteiger partial charge < -0.3 is 4.74 Å². The van der Waals surface area contributed by atoms with Crippen LogP contribution in [-0.4, -0.2) is 214 Å². The zero-order valence-electron chi connectivity index (χ0n) is 73.8. The van der Waals surface area contributed by atoms with E-state index in [0.29, 0.717) is 52.9 Å². The summed E-state index contributed by atoms with van der Waals surface area (Å²) in [6, 6.07) is 48.1. The highest BCUT2D eigenvalue weighted by Gasteiger charge is 2.35. The van der Waals surface area contributed by atoms with Gasteiger partial charge in [-0.05, 0) is 304 Å². The lowest BCUT2D eigenvalue weighted by Gasteiger charge is -2.43. The normalized spacial score (nSPS) is 18.2. The van der Waals surface area contributed by atoms with E-state index >= 15 is 0 Å². The molecule has 11 rings (SSSR count). The van der Waals surface area contributed by atoms with Crippen LogP contribution in [0, 0.1) is 13.8 Å². The van der Waals surface area contributed by atoms with E-state index < -0.39 is 11.7 Å². The van der Waals surface area contributed by atoms with Gasteiger partial charge in [-0.25, -0.2) is 0 Å². The number of aryl methyl sites for hydroxylation is 2. The number of hydrogen-bond donors (Lipinski definition) is 0. The van der Waals surface area contributed by atoms with Crippen molar-refractivity contribution in [2.45, 2.75) is 298 Å². The van der Waals surface area contributed by atoms with Gasteiger partial charge in [0.1, 0.15) is 5.75 Å². The molecule has 111 heavy (non-hydrogen) atoms. The molecule has 0 atom stereocenters. The second kappa shape index (κ2) is 42.8. The lowest BCUT2D eigenvalue weighted by Crippen LogP contribution is -2.50. The first-order chi connectivity index (χ1) is 52.0. The lowest BCUT2D eigenvalue weighted by atomic mass is 9.96. The zero-order valence-corrected chi connectivity index (χ0v) is 74.5. The topological polar surface area (TPSA) is 41.6 Å². The van der Waals surface area contributed by atoms with E-state index in [1.165, 1.54) is 166 Å². The highest BCUT2D eigenvalue weighted by atomic mass is 35.5.